The fourth-order valence-electron chi connectivity index (χ4n) is 2.09. The van der Waals surface area contributed by atoms with Gasteiger partial charge in [-0.2, -0.15) is 0 Å². The summed E-state index contributed by atoms with van der Waals surface area (Å²) in [5.41, 5.74) is 7.17. The molecule has 0 spiro atoms. The average molecular weight is 267 g/mol. The Hall–Kier alpha value is -2.82. The number of aromatic nitrogens is 2. The smallest absolute Gasteiger partial charge is 0.168 e. The fraction of sp³-hybridized carbons (Fsp3) is 0.0667. The Morgan fingerprint density at radius 1 is 1.05 bits per heavy atom. The summed E-state index contributed by atoms with van der Waals surface area (Å²) in [6, 6.07) is 12.6. The van der Waals surface area contributed by atoms with Crippen LogP contribution < -0.4 is 10.5 Å². The molecule has 1 aromatic heterocycles. The number of hydrogen-bond donors (Lipinski definition) is 2. The summed E-state index contributed by atoms with van der Waals surface area (Å²) < 4.78 is 5.09. The van der Waals surface area contributed by atoms with Gasteiger partial charge in [-0.3, -0.25) is 0 Å². The summed E-state index contributed by atoms with van der Waals surface area (Å²) in [4.78, 5) is 8.69. The van der Waals surface area contributed by atoms with Gasteiger partial charge in [0.2, 0.25) is 0 Å². The van der Waals surface area contributed by atoms with Crippen LogP contribution in [-0.2, 0) is 0 Å². The first-order chi connectivity index (χ1) is 9.70. The van der Waals surface area contributed by atoms with Crippen LogP contribution in [-0.4, -0.2) is 22.2 Å². The van der Waals surface area contributed by atoms with Crippen LogP contribution in [0.1, 0.15) is 0 Å². The SMILES string of the molecule is COc1cccc(-c2nc(N)c3ccccc3n2)c1O. The van der Waals surface area contributed by atoms with E-state index in [-0.39, 0.29) is 5.75 Å². The Balaban J connectivity index is 2.25. The maximum Gasteiger partial charge on any atom is 0.168 e. The molecule has 5 heteroatoms. The van der Waals surface area contributed by atoms with Crippen LogP contribution in [0.15, 0.2) is 42.5 Å². The van der Waals surface area contributed by atoms with Gasteiger partial charge in [0.15, 0.2) is 17.3 Å². The zero-order valence-electron chi connectivity index (χ0n) is 10.9. The van der Waals surface area contributed by atoms with Crippen molar-refractivity contribution in [2.24, 2.45) is 0 Å². The molecule has 0 aliphatic heterocycles. The summed E-state index contributed by atoms with van der Waals surface area (Å²) in [6.45, 7) is 0. The Labute approximate surface area is 115 Å². The van der Waals surface area contributed by atoms with Crippen molar-refractivity contribution in [3.05, 3.63) is 42.5 Å². The van der Waals surface area contributed by atoms with E-state index in [0.717, 1.165) is 10.9 Å². The third-order valence-corrected chi connectivity index (χ3v) is 3.09. The topological polar surface area (TPSA) is 81.3 Å². The van der Waals surface area contributed by atoms with Crippen molar-refractivity contribution in [1.82, 2.24) is 9.97 Å². The van der Waals surface area contributed by atoms with Crippen molar-refractivity contribution < 1.29 is 9.84 Å². The van der Waals surface area contributed by atoms with E-state index >= 15 is 0 Å². The Morgan fingerprint density at radius 3 is 2.65 bits per heavy atom. The second-order valence-corrected chi connectivity index (χ2v) is 4.31. The number of fused-ring (bicyclic) bond motifs is 1. The molecule has 100 valence electrons. The third-order valence-electron chi connectivity index (χ3n) is 3.09. The van der Waals surface area contributed by atoms with Crippen LogP contribution in [0.4, 0.5) is 5.82 Å². The lowest BCUT2D eigenvalue weighted by Crippen LogP contribution is -1.98. The molecule has 3 aromatic rings. The monoisotopic (exact) mass is 267 g/mol. The first-order valence-electron chi connectivity index (χ1n) is 6.09. The molecule has 3 rings (SSSR count). The highest BCUT2D eigenvalue weighted by molar-refractivity contribution is 5.89. The first kappa shape index (κ1) is 12.2. The van der Waals surface area contributed by atoms with Gasteiger partial charge in [-0.1, -0.05) is 18.2 Å². The van der Waals surface area contributed by atoms with E-state index in [0.29, 0.717) is 23.0 Å². The van der Waals surface area contributed by atoms with E-state index in [2.05, 4.69) is 9.97 Å². The molecule has 0 amide bonds. The maximum atomic E-state index is 10.2. The van der Waals surface area contributed by atoms with E-state index < -0.39 is 0 Å². The summed E-state index contributed by atoms with van der Waals surface area (Å²) >= 11 is 0. The molecule has 20 heavy (non-hydrogen) atoms. The minimum absolute atomic E-state index is 0.00433. The molecule has 0 aliphatic carbocycles. The summed E-state index contributed by atoms with van der Waals surface area (Å²) in [6.07, 6.45) is 0. The highest BCUT2D eigenvalue weighted by Gasteiger charge is 2.13. The van der Waals surface area contributed by atoms with Crippen molar-refractivity contribution >= 4 is 16.7 Å². The zero-order chi connectivity index (χ0) is 14.1. The van der Waals surface area contributed by atoms with Gasteiger partial charge in [0.05, 0.1) is 18.2 Å². The van der Waals surface area contributed by atoms with Crippen LogP contribution in [0.3, 0.4) is 0 Å². The number of phenolic OH excluding ortho intramolecular Hbond substituents is 1. The molecule has 0 aliphatic rings. The standard InChI is InChI=1S/C15H13N3O2/c1-20-12-8-4-6-10(13(12)19)15-17-11-7-3-2-5-9(11)14(16)18-15/h2-8,19H,1H3,(H2,16,17,18). The Morgan fingerprint density at radius 2 is 1.85 bits per heavy atom. The van der Waals surface area contributed by atoms with E-state index in [1.807, 2.05) is 24.3 Å². The van der Waals surface area contributed by atoms with Gasteiger partial charge in [0.25, 0.3) is 0 Å². The van der Waals surface area contributed by atoms with Gasteiger partial charge < -0.3 is 15.6 Å². The zero-order valence-corrected chi connectivity index (χ0v) is 10.9. The summed E-state index contributed by atoms with van der Waals surface area (Å²) in [5.74, 6) is 1.13. The largest absolute Gasteiger partial charge is 0.504 e. The van der Waals surface area contributed by atoms with Crippen LogP contribution in [0, 0.1) is 0 Å². The van der Waals surface area contributed by atoms with E-state index in [1.54, 1.807) is 18.2 Å². The number of anilines is 1. The van der Waals surface area contributed by atoms with Crippen molar-refractivity contribution in [3.8, 4) is 22.9 Å². The van der Waals surface area contributed by atoms with Crippen molar-refractivity contribution in [1.29, 1.82) is 0 Å². The number of benzene rings is 2. The molecule has 1 heterocycles. The third kappa shape index (κ3) is 1.89. The number of aromatic hydroxyl groups is 1. The maximum absolute atomic E-state index is 10.2. The number of phenols is 1. The predicted molar refractivity (Wildman–Crippen MR) is 77.6 cm³/mol. The van der Waals surface area contributed by atoms with Crippen LogP contribution in [0.25, 0.3) is 22.3 Å². The van der Waals surface area contributed by atoms with Crippen LogP contribution in [0.5, 0.6) is 11.5 Å². The molecule has 0 atom stereocenters. The van der Waals surface area contributed by atoms with Gasteiger partial charge in [-0.25, -0.2) is 9.97 Å². The Kier molecular flexibility index (Phi) is 2.87. The van der Waals surface area contributed by atoms with Crippen LogP contribution >= 0.6 is 0 Å². The fourth-order valence-corrected chi connectivity index (χ4v) is 2.09. The number of nitrogen functional groups attached to an aromatic ring is 1. The van der Waals surface area contributed by atoms with Gasteiger partial charge >= 0.3 is 0 Å². The number of rotatable bonds is 2. The molecule has 5 nitrogen and oxygen atoms in total. The second-order valence-electron chi connectivity index (χ2n) is 4.31. The molecular formula is C15H13N3O2. The molecule has 3 N–H and O–H groups in total. The molecular weight excluding hydrogens is 254 g/mol. The second kappa shape index (κ2) is 4.70. The van der Waals surface area contributed by atoms with Gasteiger partial charge in [0.1, 0.15) is 5.82 Å². The molecule has 0 unspecified atom stereocenters. The van der Waals surface area contributed by atoms with Gasteiger partial charge in [-0.15, -0.1) is 0 Å². The quantitative estimate of drug-likeness (QED) is 0.745. The molecule has 0 bridgehead atoms. The highest BCUT2D eigenvalue weighted by atomic mass is 16.5. The lowest BCUT2D eigenvalue weighted by Gasteiger charge is -2.09. The number of methoxy groups -OCH3 is 1. The molecule has 0 fully saturated rings. The van der Waals surface area contributed by atoms with Crippen molar-refractivity contribution in [3.63, 3.8) is 0 Å². The summed E-state index contributed by atoms with van der Waals surface area (Å²) in [5, 5.41) is 10.9. The lowest BCUT2D eigenvalue weighted by molar-refractivity contribution is 0.374. The van der Waals surface area contributed by atoms with Gasteiger partial charge in [0, 0.05) is 5.39 Å². The number of hydrogen-bond acceptors (Lipinski definition) is 5. The molecule has 0 saturated carbocycles. The normalized spacial score (nSPS) is 10.7. The number of para-hydroxylation sites is 2. The molecule has 0 radical (unpaired) electrons. The number of nitrogens with two attached hydrogens (primary N) is 1. The summed E-state index contributed by atoms with van der Waals surface area (Å²) in [7, 11) is 1.49. The molecule has 2 aromatic carbocycles. The average Bonchev–Trinajstić information content (AvgIpc) is 2.47. The lowest BCUT2D eigenvalue weighted by atomic mass is 10.1. The Bertz CT molecular complexity index is 787. The predicted octanol–water partition coefficient (Wildman–Crippen LogP) is 2.59. The minimum Gasteiger partial charge on any atom is -0.504 e. The van der Waals surface area contributed by atoms with E-state index in [9.17, 15) is 5.11 Å². The van der Waals surface area contributed by atoms with Crippen molar-refractivity contribution in [2.45, 2.75) is 0 Å². The first-order valence-corrected chi connectivity index (χ1v) is 6.09. The number of ether oxygens (including phenoxy) is 1. The number of nitrogens with zero attached hydrogens (tertiary/aromatic N) is 2. The highest BCUT2D eigenvalue weighted by Crippen LogP contribution is 2.36. The molecule has 0 saturated heterocycles. The van der Waals surface area contributed by atoms with Crippen molar-refractivity contribution in [2.75, 3.05) is 12.8 Å². The minimum atomic E-state index is 0.00433. The van der Waals surface area contributed by atoms with E-state index in [4.69, 9.17) is 10.5 Å². The van der Waals surface area contributed by atoms with E-state index in [1.165, 1.54) is 7.11 Å². The van der Waals surface area contributed by atoms with Crippen LogP contribution in [0.2, 0.25) is 0 Å². The van der Waals surface area contributed by atoms with Gasteiger partial charge in [-0.05, 0) is 24.3 Å².